The van der Waals surface area contributed by atoms with Crippen molar-refractivity contribution in [3.63, 3.8) is 0 Å². The zero-order valence-corrected chi connectivity index (χ0v) is 21.8. The summed E-state index contributed by atoms with van der Waals surface area (Å²) in [4.78, 5) is 22.9. The summed E-state index contributed by atoms with van der Waals surface area (Å²) in [5, 5.41) is 10.9. The topological polar surface area (TPSA) is 105 Å². The number of carbonyl (C=O) groups is 1. The molecule has 1 fully saturated rings. The molecule has 1 aromatic heterocycles. The lowest BCUT2D eigenvalue weighted by Gasteiger charge is -2.23. The molecular formula is C21H30ClIN6O3. The van der Waals surface area contributed by atoms with E-state index in [-0.39, 0.29) is 30.0 Å². The number of likely N-dealkylation sites (tertiary alicyclic amines) is 1. The Labute approximate surface area is 210 Å². The van der Waals surface area contributed by atoms with Crippen molar-refractivity contribution in [2.24, 2.45) is 4.99 Å². The summed E-state index contributed by atoms with van der Waals surface area (Å²) in [5.74, 6) is 1.81. The summed E-state index contributed by atoms with van der Waals surface area (Å²) in [5.41, 5.74) is 0.299. The Morgan fingerprint density at radius 1 is 1.41 bits per heavy atom. The first-order valence-electron chi connectivity index (χ1n) is 10.3. The largest absolute Gasteiger partial charge is 0.444 e. The molecule has 2 N–H and O–H groups in total. The number of rotatable bonds is 5. The predicted molar refractivity (Wildman–Crippen MR) is 135 cm³/mol. The fraction of sp³-hybridized carbons (Fsp3) is 0.524. The third kappa shape index (κ3) is 7.80. The van der Waals surface area contributed by atoms with E-state index in [1.807, 2.05) is 32.9 Å². The molecule has 1 unspecified atom stereocenters. The van der Waals surface area contributed by atoms with E-state index in [1.165, 1.54) is 0 Å². The normalized spacial score (nSPS) is 16.5. The highest BCUT2D eigenvalue weighted by molar-refractivity contribution is 14.0. The fourth-order valence-corrected chi connectivity index (χ4v) is 3.45. The Morgan fingerprint density at radius 2 is 2.19 bits per heavy atom. The molecule has 1 amide bonds. The van der Waals surface area contributed by atoms with Gasteiger partial charge in [0.25, 0.3) is 0 Å². The predicted octanol–water partition coefficient (Wildman–Crippen LogP) is 3.72. The van der Waals surface area contributed by atoms with Gasteiger partial charge in [-0.25, -0.2) is 4.79 Å². The smallest absolute Gasteiger partial charge is 0.407 e. The minimum atomic E-state index is -0.513. The van der Waals surface area contributed by atoms with Crippen LogP contribution in [0.15, 0.2) is 33.8 Å². The van der Waals surface area contributed by atoms with E-state index in [0.717, 1.165) is 24.5 Å². The summed E-state index contributed by atoms with van der Waals surface area (Å²) in [7, 11) is 1.74. The number of aliphatic imine (C=N–C) groups is 1. The van der Waals surface area contributed by atoms with Gasteiger partial charge in [-0.1, -0.05) is 28.9 Å². The summed E-state index contributed by atoms with van der Waals surface area (Å²) in [6.45, 7) is 7.59. The molecule has 0 aliphatic carbocycles. The van der Waals surface area contributed by atoms with Gasteiger partial charge in [0.1, 0.15) is 5.60 Å². The molecule has 1 aliphatic rings. The second-order valence-corrected chi connectivity index (χ2v) is 8.76. The number of hydrogen-bond acceptors (Lipinski definition) is 6. The number of ether oxygens (including phenoxy) is 1. The maximum Gasteiger partial charge on any atom is 0.407 e. The Bertz CT molecular complexity index is 930. The lowest BCUT2D eigenvalue weighted by molar-refractivity contribution is 0.0507. The van der Waals surface area contributed by atoms with E-state index in [1.54, 1.807) is 19.2 Å². The number of alkyl carbamates (subject to hydrolysis) is 1. The lowest BCUT2D eigenvalue weighted by Crippen LogP contribution is -2.44. The highest BCUT2D eigenvalue weighted by Gasteiger charge is 2.27. The van der Waals surface area contributed by atoms with E-state index in [4.69, 9.17) is 20.9 Å². The quantitative estimate of drug-likeness (QED) is 0.318. The Morgan fingerprint density at radius 3 is 2.88 bits per heavy atom. The number of amides is 1. The second kappa shape index (κ2) is 11.7. The molecule has 32 heavy (non-hydrogen) atoms. The van der Waals surface area contributed by atoms with Crippen LogP contribution in [0, 0.1) is 0 Å². The zero-order chi connectivity index (χ0) is 22.4. The molecule has 0 bridgehead atoms. The van der Waals surface area contributed by atoms with Crippen LogP contribution in [0.3, 0.4) is 0 Å². The number of hydrogen-bond donors (Lipinski definition) is 2. The number of nitrogens with one attached hydrogen (secondary N) is 2. The monoisotopic (exact) mass is 576 g/mol. The van der Waals surface area contributed by atoms with Gasteiger partial charge in [0.15, 0.2) is 5.96 Å². The molecule has 1 aliphatic heterocycles. The zero-order valence-electron chi connectivity index (χ0n) is 18.7. The van der Waals surface area contributed by atoms with Crippen molar-refractivity contribution >= 4 is 47.6 Å². The Balaban J connectivity index is 0.00000363. The van der Waals surface area contributed by atoms with E-state index in [2.05, 4.69) is 30.7 Å². The maximum atomic E-state index is 12.0. The van der Waals surface area contributed by atoms with Gasteiger partial charge in [0, 0.05) is 43.7 Å². The number of carbonyl (C=O) groups excluding carboxylic acids is 1. The van der Waals surface area contributed by atoms with Crippen LogP contribution in [0.4, 0.5) is 4.79 Å². The van der Waals surface area contributed by atoms with Gasteiger partial charge >= 0.3 is 6.09 Å². The molecule has 3 rings (SSSR count). The Kier molecular flexibility index (Phi) is 9.56. The minimum absolute atomic E-state index is 0. The highest BCUT2D eigenvalue weighted by Crippen LogP contribution is 2.20. The van der Waals surface area contributed by atoms with Crippen LogP contribution in [-0.2, 0) is 11.2 Å². The molecule has 2 aromatic rings. The summed E-state index contributed by atoms with van der Waals surface area (Å²) >= 11 is 6.02. The van der Waals surface area contributed by atoms with Crippen molar-refractivity contribution in [1.82, 2.24) is 25.7 Å². The number of guanidine groups is 1. The van der Waals surface area contributed by atoms with Gasteiger partial charge in [-0.05, 0) is 39.3 Å². The van der Waals surface area contributed by atoms with Crippen molar-refractivity contribution < 1.29 is 14.1 Å². The standard InChI is InChI=1S/C21H29ClN6O3.HI/c1-21(2,3)30-20(29)25-16-9-11-28(13-16)19(23-4)24-10-8-17-26-18(27-31-17)14-6-5-7-15(22)12-14;/h5-7,12,16H,8-11,13H2,1-4H3,(H,23,24)(H,25,29);1H. The first-order valence-corrected chi connectivity index (χ1v) is 10.6. The summed E-state index contributed by atoms with van der Waals surface area (Å²) < 4.78 is 10.7. The van der Waals surface area contributed by atoms with Gasteiger partial charge in [0.2, 0.25) is 11.7 Å². The molecule has 2 heterocycles. The van der Waals surface area contributed by atoms with Crippen molar-refractivity contribution in [3.05, 3.63) is 35.2 Å². The van der Waals surface area contributed by atoms with Crippen LogP contribution < -0.4 is 10.6 Å². The Hall–Kier alpha value is -2.08. The molecule has 11 heteroatoms. The van der Waals surface area contributed by atoms with Crippen molar-refractivity contribution in [3.8, 4) is 11.4 Å². The molecular weight excluding hydrogens is 547 g/mol. The van der Waals surface area contributed by atoms with Gasteiger partial charge in [0.05, 0.1) is 6.04 Å². The number of halogens is 2. The lowest BCUT2D eigenvalue weighted by atomic mass is 10.2. The van der Waals surface area contributed by atoms with Crippen LogP contribution in [0.25, 0.3) is 11.4 Å². The minimum Gasteiger partial charge on any atom is -0.444 e. The summed E-state index contributed by atoms with van der Waals surface area (Å²) in [6.07, 6.45) is 0.987. The molecule has 0 spiro atoms. The second-order valence-electron chi connectivity index (χ2n) is 8.32. The van der Waals surface area contributed by atoms with Gasteiger partial charge in [-0.15, -0.1) is 24.0 Å². The van der Waals surface area contributed by atoms with Gasteiger partial charge < -0.3 is 24.8 Å². The number of aromatic nitrogens is 2. The third-order valence-electron chi connectivity index (χ3n) is 4.59. The number of benzene rings is 1. The molecule has 176 valence electrons. The van der Waals surface area contributed by atoms with E-state index in [0.29, 0.717) is 36.2 Å². The molecule has 1 saturated heterocycles. The van der Waals surface area contributed by atoms with Crippen LogP contribution in [0.5, 0.6) is 0 Å². The van der Waals surface area contributed by atoms with Crippen molar-refractivity contribution in [1.29, 1.82) is 0 Å². The SMILES string of the molecule is CN=C(NCCc1nc(-c2cccc(Cl)c2)no1)N1CCC(NC(=O)OC(C)(C)C)C1.I. The van der Waals surface area contributed by atoms with Crippen molar-refractivity contribution in [2.75, 3.05) is 26.7 Å². The molecule has 0 saturated carbocycles. The molecule has 9 nitrogen and oxygen atoms in total. The molecule has 1 aromatic carbocycles. The van der Waals surface area contributed by atoms with Gasteiger partial charge in [-0.3, -0.25) is 4.99 Å². The molecule has 0 radical (unpaired) electrons. The number of nitrogens with zero attached hydrogens (tertiary/aromatic N) is 4. The highest BCUT2D eigenvalue weighted by atomic mass is 127. The maximum absolute atomic E-state index is 12.0. The third-order valence-corrected chi connectivity index (χ3v) is 4.83. The average molecular weight is 577 g/mol. The first-order chi connectivity index (χ1) is 14.7. The molecule has 1 atom stereocenters. The van der Waals surface area contributed by atoms with Crippen LogP contribution in [0.2, 0.25) is 5.02 Å². The first kappa shape index (κ1) is 26.2. The van der Waals surface area contributed by atoms with E-state index in [9.17, 15) is 4.79 Å². The summed E-state index contributed by atoms with van der Waals surface area (Å²) in [6, 6.07) is 7.35. The van der Waals surface area contributed by atoms with E-state index < -0.39 is 11.7 Å². The fourth-order valence-electron chi connectivity index (χ4n) is 3.26. The van der Waals surface area contributed by atoms with Crippen molar-refractivity contribution in [2.45, 2.75) is 45.3 Å². The van der Waals surface area contributed by atoms with Crippen LogP contribution in [0.1, 0.15) is 33.1 Å². The van der Waals surface area contributed by atoms with Crippen LogP contribution in [-0.4, -0.2) is 65.4 Å². The van der Waals surface area contributed by atoms with Gasteiger partial charge in [-0.2, -0.15) is 4.98 Å². The average Bonchev–Trinajstić information content (AvgIpc) is 3.33. The van der Waals surface area contributed by atoms with E-state index >= 15 is 0 Å². The van der Waals surface area contributed by atoms with Crippen LogP contribution >= 0.6 is 35.6 Å².